The number of aryl methyl sites for hydroxylation is 3. The van der Waals surface area contributed by atoms with Crippen molar-refractivity contribution in [3.05, 3.63) is 149 Å². The number of nitrogens with one attached hydrogen (secondary N) is 2. The number of nitrogens with zero attached hydrogens (tertiary/aromatic N) is 5. The van der Waals surface area contributed by atoms with Crippen LogP contribution in [0.4, 0.5) is 0 Å². The Kier molecular flexibility index (Phi) is 7.89. The number of pyridine rings is 3. The predicted octanol–water partition coefficient (Wildman–Crippen LogP) is 10.1. The summed E-state index contributed by atoms with van der Waals surface area (Å²) in [4.78, 5) is 44.2. The molecule has 9 nitrogen and oxygen atoms in total. The number of aromatic amines is 2. The zero-order chi connectivity index (χ0) is 36.9. The number of aromatic carboxylic acids is 1. The van der Waals surface area contributed by atoms with Gasteiger partial charge in [0.1, 0.15) is 0 Å². The molecule has 0 unspecified atom stereocenters. The quantitative estimate of drug-likeness (QED) is 0.162. The van der Waals surface area contributed by atoms with Gasteiger partial charge in [0, 0.05) is 46.4 Å². The van der Waals surface area contributed by atoms with Crippen molar-refractivity contribution in [2.24, 2.45) is 0 Å². The number of benzene rings is 1. The first-order chi connectivity index (χ1) is 26.3. The third-order valence-corrected chi connectivity index (χ3v) is 9.69. The minimum absolute atomic E-state index is 0.204. The van der Waals surface area contributed by atoms with E-state index in [9.17, 15) is 9.90 Å². The van der Waals surface area contributed by atoms with Crippen LogP contribution in [-0.2, 0) is 0 Å². The molecule has 7 aromatic rings. The molecule has 260 valence electrons. The maximum Gasteiger partial charge on any atom is 0.335 e. The number of fused-ring (bicyclic) bond motifs is 8. The van der Waals surface area contributed by atoms with Gasteiger partial charge in [0.25, 0.3) is 0 Å². The van der Waals surface area contributed by atoms with Crippen molar-refractivity contribution >= 4 is 52.3 Å². The summed E-state index contributed by atoms with van der Waals surface area (Å²) in [7, 11) is 0. The van der Waals surface area contributed by atoms with Crippen LogP contribution in [0.5, 0.6) is 0 Å². The highest BCUT2D eigenvalue weighted by molar-refractivity contribution is 5.99. The smallest absolute Gasteiger partial charge is 0.335 e. The second-order valence-electron chi connectivity index (χ2n) is 13.5. The zero-order valence-corrected chi connectivity index (χ0v) is 29.7. The lowest BCUT2D eigenvalue weighted by atomic mass is 10.0. The first-order valence-electron chi connectivity index (χ1n) is 17.6. The van der Waals surface area contributed by atoms with Gasteiger partial charge >= 0.3 is 5.97 Å². The van der Waals surface area contributed by atoms with Gasteiger partial charge in [-0.3, -0.25) is 15.0 Å². The van der Waals surface area contributed by atoms with E-state index in [0.29, 0.717) is 5.69 Å². The third-order valence-electron chi connectivity index (χ3n) is 9.69. The van der Waals surface area contributed by atoms with Crippen LogP contribution in [-0.4, -0.2) is 46.0 Å². The molecule has 8 heterocycles. The maximum atomic E-state index is 11.8. The van der Waals surface area contributed by atoms with Gasteiger partial charge < -0.3 is 15.1 Å². The van der Waals surface area contributed by atoms with E-state index in [1.165, 1.54) is 0 Å². The van der Waals surface area contributed by atoms with Gasteiger partial charge in [-0.1, -0.05) is 12.1 Å². The van der Waals surface area contributed by atoms with Gasteiger partial charge in [-0.25, -0.2) is 14.8 Å². The number of H-pyrrole nitrogens is 2. The number of rotatable bonds is 5. The summed E-state index contributed by atoms with van der Waals surface area (Å²) in [5.74, 6) is -0.985. The minimum atomic E-state index is -0.985. The Labute approximate surface area is 310 Å². The molecule has 0 saturated heterocycles. The summed E-state index contributed by atoms with van der Waals surface area (Å²) in [6, 6.07) is 27.2. The summed E-state index contributed by atoms with van der Waals surface area (Å²) in [5.41, 5.74) is 16.2. The third kappa shape index (κ3) is 5.87. The van der Waals surface area contributed by atoms with Gasteiger partial charge in [0.2, 0.25) is 0 Å². The van der Waals surface area contributed by atoms with Crippen LogP contribution in [0.15, 0.2) is 104 Å². The number of hydrogen-bond acceptors (Lipinski definition) is 6. The summed E-state index contributed by atoms with van der Waals surface area (Å²) in [6.45, 7) is 6.15. The average molecular weight is 704 g/mol. The first kappa shape index (κ1) is 32.6. The van der Waals surface area contributed by atoms with E-state index >= 15 is 0 Å². The van der Waals surface area contributed by atoms with Crippen molar-refractivity contribution in [1.82, 2.24) is 34.9 Å². The summed E-state index contributed by atoms with van der Waals surface area (Å²) in [5, 5.41) is 9.67. The lowest BCUT2D eigenvalue weighted by Gasteiger charge is -2.07. The van der Waals surface area contributed by atoms with Gasteiger partial charge in [-0.2, -0.15) is 0 Å². The molecule has 0 spiro atoms. The van der Waals surface area contributed by atoms with Crippen LogP contribution >= 0.6 is 0 Å². The Hall–Kier alpha value is -7.26. The number of hydrogen-bond donors (Lipinski definition) is 3. The largest absolute Gasteiger partial charge is 0.478 e. The van der Waals surface area contributed by atoms with Crippen LogP contribution in [0, 0.1) is 20.8 Å². The van der Waals surface area contributed by atoms with Crippen LogP contribution < -0.4 is 0 Å². The molecule has 0 saturated carbocycles. The molecular formula is C45H33N7O2. The molecule has 8 bridgehead atoms. The van der Waals surface area contributed by atoms with Crippen molar-refractivity contribution in [1.29, 1.82) is 0 Å². The van der Waals surface area contributed by atoms with Crippen molar-refractivity contribution in [3.8, 4) is 44.9 Å². The van der Waals surface area contributed by atoms with Crippen molar-refractivity contribution in [3.63, 3.8) is 0 Å². The summed E-state index contributed by atoms with van der Waals surface area (Å²) >= 11 is 0. The molecule has 2 aliphatic rings. The van der Waals surface area contributed by atoms with E-state index in [4.69, 9.17) is 24.9 Å². The number of carboxylic acid groups (broad SMARTS) is 1. The monoisotopic (exact) mass is 703 g/mol. The molecule has 9 heteroatoms. The van der Waals surface area contributed by atoms with Gasteiger partial charge in [0.05, 0.1) is 62.0 Å². The van der Waals surface area contributed by atoms with E-state index in [1.54, 1.807) is 12.1 Å². The lowest BCUT2D eigenvalue weighted by Crippen LogP contribution is -1.95. The topological polar surface area (TPSA) is 133 Å². The van der Waals surface area contributed by atoms with E-state index in [-0.39, 0.29) is 5.56 Å². The average Bonchev–Trinajstić information content (AvgIpc) is 4.00. The zero-order valence-electron chi connectivity index (χ0n) is 29.7. The van der Waals surface area contributed by atoms with Gasteiger partial charge in [-0.05, 0) is 140 Å². The second kappa shape index (κ2) is 13.1. The van der Waals surface area contributed by atoms with Crippen LogP contribution in [0.2, 0.25) is 0 Å². The fourth-order valence-corrected chi connectivity index (χ4v) is 7.12. The van der Waals surface area contributed by atoms with Gasteiger partial charge in [-0.15, -0.1) is 0 Å². The minimum Gasteiger partial charge on any atom is -0.478 e. The van der Waals surface area contributed by atoms with E-state index in [2.05, 4.69) is 47.2 Å². The second-order valence-corrected chi connectivity index (χ2v) is 13.5. The normalized spacial score (nSPS) is 12.0. The molecule has 2 aliphatic heterocycles. The Morgan fingerprint density at radius 1 is 0.481 bits per heavy atom. The molecule has 54 heavy (non-hydrogen) atoms. The molecule has 0 amide bonds. The number of carboxylic acids is 1. The number of aromatic nitrogens is 7. The molecule has 0 radical (unpaired) electrons. The predicted molar refractivity (Wildman–Crippen MR) is 215 cm³/mol. The van der Waals surface area contributed by atoms with Crippen molar-refractivity contribution < 1.29 is 9.90 Å². The van der Waals surface area contributed by atoms with Crippen LogP contribution in [0.1, 0.15) is 49.8 Å². The van der Waals surface area contributed by atoms with Crippen molar-refractivity contribution in [2.75, 3.05) is 0 Å². The van der Waals surface area contributed by atoms with Crippen LogP contribution in [0.25, 0.3) is 91.3 Å². The Bertz CT molecular complexity index is 2850. The highest BCUT2D eigenvalue weighted by Crippen LogP contribution is 2.38. The van der Waals surface area contributed by atoms with Gasteiger partial charge in [0.15, 0.2) is 0 Å². The fourth-order valence-electron chi connectivity index (χ4n) is 7.12. The Morgan fingerprint density at radius 2 is 0.833 bits per heavy atom. The van der Waals surface area contributed by atoms with E-state index in [0.717, 1.165) is 101 Å². The molecule has 3 N–H and O–H groups in total. The van der Waals surface area contributed by atoms with E-state index < -0.39 is 5.97 Å². The maximum absolute atomic E-state index is 11.8. The SMILES string of the molecule is Cc1ccnc(-c2c3nc(c(-c4cc(C)ccn4)c4ccc([nH]4)c(-c4cc(C)ccn4)c4nc(c(-c5ccc(C(=O)O)cc5)c5ccc2[nH]5)C=C4)C=C3)c1. The summed E-state index contributed by atoms with van der Waals surface area (Å²) < 4.78 is 0. The molecular weight excluding hydrogens is 671 g/mol. The lowest BCUT2D eigenvalue weighted by molar-refractivity contribution is 0.0697. The summed E-state index contributed by atoms with van der Waals surface area (Å²) in [6.07, 6.45) is 13.5. The van der Waals surface area contributed by atoms with E-state index in [1.807, 2.05) is 99.2 Å². The Morgan fingerprint density at radius 3 is 1.19 bits per heavy atom. The molecule has 0 aliphatic carbocycles. The fraction of sp³-hybridized carbons (Fsp3) is 0.0667. The first-order valence-corrected chi connectivity index (χ1v) is 17.6. The molecule has 0 fully saturated rings. The highest BCUT2D eigenvalue weighted by atomic mass is 16.4. The highest BCUT2D eigenvalue weighted by Gasteiger charge is 2.20. The Balaban J connectivity index is 1.47. The molecule has 6 aromatic heterocycles. The van der Waals surface area contributed by atoms with Crippen LogP contribution in [0.3, 0.4) is 0 Å². The molecule has 1 aromatic carbocycles. The number of carbonyl (C=O) groups is 1. The molecule has 9 rings (SSSR count). The standard InChI is InChI=1S/C45H33N7O2/c1-25-16-19-46-38(22-25)42-32-10-8-30(49-32)41(28-4-6-29(7-5-28)45(53)54)31-9-11-33(50-31)43(39-23-26(2)17-20-47-39)35-13-15-37(52-35)44(36-14-12-34(42)51-36)40-24-27(3)18-21-48-40/h4-24,49,52H,1-3H3,(H,53,54). The van der Waals surface area contributed by atoms with Crippen molar-refractivity contribution in [2.45, 2.75) is 20.8 Å². The molecule has 0 atom stereocenters.